The second-order valence-electron chi connectivity index (χ2n) is 9.57. The quantitative estimate of drug-likeness (QED) is 0.421. The van der Waals surface area contributed by atoms with E-state index in [4.69, 9.17) is 19.8 Å². The Balaban J connectivity index is 1.36. The minimum absolute atomic E-state index is 0.0902. The summed E-state index contributed by atoms with van der Waals surface area (Å²) in [6.45, 7) is 4.97. The molecule has 0 N–H and O–H groups in total. The molecule has 0 spiro atoms. The van der Waals surface area contributed by atoms with Gasteiger partial charge in [0.2, 0.25) is 0 Å². The minimum atomic E-state index is 0.0902. The molecule has 2 aromatic heterocycles. The Morgan fingerprint density at radius 3 is 2.44 bits per heavy atom. The van der Waals surface area contributed by atoms with E-state index in [0.29, 0.717) is 12.5 Å². The predicted octanol–water partition coefficient (Wildman–Crippen LogP) is 4.36. The molecule has 0 unspecified atom stereocenters. The van der Waals surface area contributed by atoms with E-state index in [1.807, 2.05) is 71.1 Å². The molecule has 2 aromatic carbocycles. The molecule has 1 saturated heterocycles. The number of carbonyl (C=O) groups excluding carboxylic acids is 1. The molecule has 184 valence electrons. The van der Waals surface area contributed by atoms with E-state index in [1.165, 1.54) is 0 Å². The van der Waals surface area contributed by atoms with E-state index in [-0.39, 0.29) is 5.91 Å². The zero-order chi connectivity index (χ0) is 24.6. The fourth-order valence-corrected chi connectivity index (χ4v) is 4.93. The van der Waals surface area contributed by atoms with Crippen molar-refractivity contribution in [1.29, 1.82) is 0 Å². The highest BCUT2D eigenvalue weighted by Crippen LogP contribution is 2.40. The van der Waals surface area contributed by atoms with Gasteiger partial charge in [0.15, 0.2) is 5.65 Å². The van der Waals surface area contributed by atoms with Crippen LogP contribution in [0.2, 0.25) is 0 Å². The maximum atomic E-state index is 13.1. The highest BCUT2D eigenvalue weighted by molar-refractivity contribution is 5.94. The van der Waals surface area contributed by atoms with Gasteiger partial charge in [-0.25, -0.2) is 14.6 Å². The number of fused-ring (bicyclic) bond motifs is 1. The van der Waals surface area contributed by atoms with Crippen molar-refractivity contribution in [2.45, 2.75) is 32.1 Å². The van der Waals surface area contributed by atoms with E-state index < -0.39 is 0 Å². The van der Waals surface area contributed by atoms with Gasteiger partial charge in [-0.2, -0.15) is 5.10 Å². The molecule has 1 aliphatic heterocycles. The molecular formula is C28H30N6O2. The molecule has 2 fully saturated rings. The van der Waals surface area contributed by atoms with E-state index in [1.54, 1.807) is 7.11 Å². The van der Waals surface area contributed by atoms with Crippen molar-refractivity contribution in [2.24, 2.45) is 0 Å². The SMILES string of the molecule is COc1ccc(-n2nc(C)c3c(N4CCCN(C(=O)c5ccccc5)CC4)nc(C4CC4)nc32)cc1. The maximum absolute atomic E-state index is 13.1. The first-order chi connectivity index (χ1) is 17.6. The number of ether oxygens (including phenoxy) is 1. The topological polar surface area (TPSA) is 76.4 Å². The van der Waals surface area contributed by atoms with Crippen LogP contribution >= 0.6 is 0 Å². The number of hydrogen-bond acceptors (Lipinski definition) is 6. The zero-order valence-electron chi connectivity index (χ0n) is 20.7. The number of benzene rings is 2. The molecule has 3 heterocycles. The van der Waals surface area contributed by atoms with Gasteiger partial charge in [-0.3, -0.25) is 4.79 Å². The molecule has 0 bridgehead atoms. The Bertz CT molecular complexity index is 1400. The zero-order valence-corrected chi connectivity index (χ0v) is 20.7. The second-order valence-corrected chi connectivity index (χ2v) is 9.57. The highest BCUT2D eigenvalue weighted by atomic mass is 16.5. The summed E-state index contributed by atoms with van der Waals surface area (Å²) in [6, 6.07) is 17.4. The number of carbonyl (C=O) groups is 1. The van der Waals surface area contributed by atoms with Crippen LogP contribution in [0.1, 0.15) is 47.1 Å². The lowest BCUT2D eigenvalue weighted by Gasteiger charge is -2.24. The van der Waals surface area contributed by atoms with Crippen LogP contribution in [0.15, 0.2) is 54.6 Å². The van der Waals surface area contributed by atoms with E-state index in [0.717, 1.165) is 84.3 Å². The molecular weight excluding hydrogens is 452 g/mol. The monoisotopic (exact) mass is 482 g/mol. The predicted molar refractivity (Wildman–Crippen MR) is 139 cm³/mol. The van der Waals surface area contributed by atoms with E-state index in [2.05, 4.69) is 4.90 Å². The van der Waals surface area contributed by atoms with Gasteiger partial charge in [-0.05, 0) is 62.6 Å². The van der Waals surface area contributed by atoms with E-state index >= 15 is 0 Å². The Morgan fingerprint density at radius 1 is 0.944 bits per heavy atom. The Labute approximate surface area is 210 Å². The van der Waals surface area contributed by atoms with Crippen LogP contribution in [-0.4, -0.2) is 63.8 Å². The van der Waals surface area contributed by atoms with E-state index in [9.17, 15) is 4.79 Å². The molecule has 6 rings (SSSR count). The number of methoxy groups -OCH3 is 1. The molecule has 2 aliphatic rings. The third kappa shape index (κ3) is 4.17. The Hall–Kier alpha value is -3.94. The van der Waals surface area contributed by atoms with Crippen LogP contribution in [-0.2, 0) is 0 Å². The summed E-state index contributed by atoms with van der Waals surface area (Å²) in [4.78, 5) is 27.5. The summed E-state index contributed by atoms with van der Waals surface area (Å²) >= 11 is 0. The minimum Gasteiger partial charge on any atom is -0.497 e. The van der Waals surface area contributed by atoms with Crippen LogP contribution in [0.4, 0.5) is 5.82 Å². The maximum Gasteiger partial charge on any atom is 0.253 e. The number of rotatable bonds is 5. The van der Waals surface area contributed by atoms with Crippen LogP contribution < -0.4 is 9.64 Å². The average Bonchev–Trinajstić information content (AvgIpc) is 3.75. The summed E-state index contributed by atoms with van der Waals surface area (Å²) < 4.78 is 7.25. The first kappa shape index (κ1) is 22.5. The number of amides is 1. The smallest absolute Gasteiger partial charge is 0.253 e. The molecule has 0 radical (unpaired) electrons. The molecule has 1 aliphatic carbocycles. The number of nitrogens with zero attached hydrogens (tertiary/aromatic N) is 6. The number of aromatic nitrogens is 4. The third-order valence-corrected chi connectivity index (χ3v) is 7.06. The lowest BCUT2D eigenvalue weighted by Crippen LogP contribution is -2.35. The van der Waals surface area contributed by atoms with Crippen molar-refractivity contribution in [3.8, 4) is 11.4 Å². The fraction of sp³-hybridized carbons (Fsp3) is 0.357. The summed E-state index contributed by atoms with van der Waals surface area (Å²) in [7, 11) is 1.67. The van der Waals surface area contributed by atoms with Gasteiger partial charge < -0.3 is 14.5 Å². The summed E-state index contributed by atoms with van der Waals surface area (Å²) in [5.74, 6) is 3.14. The standard InChI is InChI=1S/C28H30N6O2/c1-19-24-26(32-15-6-16-33(18-17-32)28(35)21-7-4-3-5-8-21)29-25(20-9-10-20)30-27(24)34(31-19)22-11-13-23(36-2)14-12-22/h3-5,7-8,11-14,20H,6,9-10,15-18H2,1-2H3. The number of hydrogen-bond donors (Lipinski definition) is 0. The molecule has 0 atom stereocenters. The van der Waals surface area contributed by atoms with Crippen molar-refractivity contribution >= 4 is 22.8 Å². The molecule has 8 heteroatoms. The van der Waals surface area contributed by atoms with Gasteiger partial charge in [0.05, 0.1) is 23.9 Å². The van der Waals surface area contributed by atoms with Crippen LogP contribution in [0.5, 0.6) is 5.75 Å². The van der Waals surface area contributed by atoms with Crippen LogP contribution in [0.25, 0.3) is 16.7 Å². The van der Waals surface area contributed by atoms with Crippen molar-refractivity contribution in [3.63, 3.8) is 0 Å². The van der Waals surface area contributed by atoms with Crippen molar-refractivity contribution in [2.75, 3.05) is 38.2 Å². The summed E-state index contributed by atoms with van der Waals surface area (Å²) in [5.41, 5.74) is 3.42. The van der Waals surface area contributed by atoms with Gasteiger partial charge in [-0.15, -0.1) is 0 Å². The normalized spacial score (nSPS) is 16.3. The molecule has 8 nitrogen and oxygen atoms in total. The molecule has 1 saturated carbocycles. The Morgan fingerprint density at radius 2 is 1.72 bits per heavy atom. The average molecular weight is 483 g/mol. The third-order valence-electron chi connectivity index (χ3n) is 7.06. The largest absolute Gasteiger partial charge is 0.497 e. The van der Waals surface area contributed by atoms with Crippen LogP contribution in [0.3, 0.4) is 0 Å². The summed E-state index contributed by atoms with van der Waals surface area (Å²) in [5, 5.41) is 5.86. The Kier molecular flexibility index (Phi) is 5.79. The fourth-order valence-electron chi connectivity index (χ4n) is 4.93. The summed E-state index contributed by atoms with van der Waals surface area (Å²) in [6.07, 6.45) is 3.13. The lowest BCUT2D eigenvalue weighted by molar-refractivity contribution is 0.0767. The van der Waals surface area contributed by atoms with Crippen molar-refractivity contribution in [3.05, 3.63) is 71.7 Å². The van der Waals surface area contributed by atoms with Crippen molar-refractivity contribution < 1.29 is 9.53 Å². The number of aryl methyl sites for hydroxylation is 1. The lowest BCUT2D eigenvalue weighted by atomic mass is 10.2. The second kappa shape index (κ2) is 9.26. The first-order valence-electron chi connectivity index (χ1n) is 12.6. The number of anilines is 1. The highest BCUT2D eigenvalue weighted by Gasteiger charge is 2.31. The van der Waals surface area contributed by atoms with Gasteiger partial charge >= 0.3 is 0 Å². The molecule has 1 amide bonds. The van der Waals surface area contributed by atoms with Crippen molar-refractivity contribution in [1.82, 2.24) is 24.6 Å². The van der Waals surface area contributed by atoms with Crippen LogP contribution in [0, 0.1) is 6.92 Å². The van der Waals surface area contributed by atoms with Gasteiger partial charge in [0, 0.05) is 37.7 Å². The first-order valence-corrected chi connectivity index (χ1v) is 12.6. The van der Waals surface area contributed by atoms with Gasteiger partial charge in [0.1, 0.15) is 17.4 Å². The van der Waals surface area contributed by atoms with Gasteiger partial charge in [-0.1, -0.05) is 18.2 Å². The molecule has 4 aromatic rings. The van der Waals surface area contributed by atoms with Gasteiger partial charge in [0.25, 0.3) is 5.91 Å². The molecule has 36 heavy (non-hydrogen) atoms.